The summed E-state index contributed by atoms with van der Waals surface area (Å²) in [5, 5.41) is 2.14. The van der Waals surface area contributed by atoms with Crippen molar-refractivity contribution in [3.8, 4) is 11.1 Å². The van der Waals surface area contributed by atoms with Crippen LogP contribution >= 0.6 is 0 Å². The van der Waals surface area contributed by atoms with Crippen molar-refractivity contribution in [2.45, 2.75) is 6.92 Å². The molecule has 18 heavy (non-hydrogen) atoms. The standard InChI is InChI=1S/C16H12FN/c1-11-2-5-15(16(17)8-11)13-3-4-14-10-18-7-6-12(14)9-13/h2-10H,1H3. The van der Waals surface area contributed by atoms with Crippen LogP contribution < -0.4 is 0 Å². The van der Waals surface area contributed by atoms with E-state index >= 15 is 0 Å². The maximum atomic E-state index is 13.9. The van der Waals surface area contributed by atoms with Gasteiger partial charge in [0.25, 0.3) is 0 Å². The van der Waals surface area contributed by atoms with Gasteiger partial charge in [0.2, 0.25) is 0 Å². The maximum absolute atomic E-state index is 13.9. The molecule has 2 heteroatoms. The van der Waals surface area contributed by atoms with Crippen molar-refractivity contribution >= 4 is 10.8 Å². The Kier molecular flexibility index (Phi) is 2.56. The summed E-state index contributed by atoms with van der Waals surface area (Å²) in [5.74, 6) is -0.177. The molecular formula is C16H12FN. The van der Waals surface area contributed by atoms with Crippen molar-refractivity contribution in [2.75, 3.05) is 0 Å². The van der Waals surface area contributed by atoms with Crippen molar-refractivity contribution < 1.29 is 4.39 Å². The smallest absolute Gasteiger partial charge is 0.131 e. The van der Waals surface area contributed by atoms with Crippen LogP contribution in [-0.2, 0) is 0 Å². The zero-order valence-electron chi connectivity index (χ0n) is 10.0. The number of hydrogen-bond acceptors (Lipinski definition) is 1. The third-order valence-electron chi connectivity index (χ3n) is 3.08. The summed E-state index contributed by atoms with van der Waals surface area (Å²) in [6, 6.07) is 13.1. The van der Waals surface area contributed by atoms with E-state index in [0.717, 1.165) is 21.9 Å². The van der Waals surface area contributed by atoms with Crippen LogP contribution in [0.25, 0.3) is 21.9 Å². The number of aromatic nitrogens is 1. The van der Waals surface area contributed by atoms with Crippen LogP contribution in [0.5, 0.6) is 0 Å². The summed E-state index contributed by atoms with van der Waals surface area (Å²) in [6.45, 7) is 1.89. The average Bonchev–Trinajstić information content (AvgIpc) is 2.38. The predicted octanol–water partition coefficient (Wildman–Crippen LogP) is 4.35. The quantitative estimate of drug-likeness (QED) is 0.613. The van der Waals surface area contributed by atoms with Gasteiger partial charge in [0.15, 0.2) is 0 Å². The zero-order valence-corrected chi connectivity index (χ0v) is 10.0. The summed E-state index contributed by atoms with van der Waals surface area (Å²) in [5.41, 5.74) is 2.46. The number of pyridine rings is 1. The van der Waals surface area contributed by atoms with Gasteiger partial charge in [-0.3, -0.25) is 4.98 Å². The highest BCUT2D eigenvalue weighted by Crippen LogP contribution is 2.26. The molecular weight excluding hydrogens is 225 g/mol. The van der Waals surface area contributed by atoms with Gasteiger partial charge < -0.3 is 0 Å². The van der Waals surface area contributed by atoms with E-state index in [4.69, 9.17) is 0 Å². The maximum Gasteiger partial charge on any atom is 0.131 e. The molecule has 3 aromatic rings. The lowest BCUT2D eigenvalue weighted by Crippen LogP contribution is -1.86. The van der Waals surface area contributed by atoms with E-state index in [0.29, 0.717) is 5.56 Å². The van der Waals surface area contributed by atoms with E-state index in [9.17, 15) is 4.39 Å². The first kappa shape index (κ1) is 10.9. The van der Waals surface area contributed by atoms with Crippen LogP contribution in [0.15, 0.2) is 54.9 Å². The second-order valence-electron chi connectivity index (χ2n) is 4.42. The minimum Gasteiger partial charge on any atom is -0.264 e. The Balaban J connectivity index is 2.19. The van der Waals surface area contributed by atoms with E-state index in [1.165, 1.54) is 0 Å². The molecule has 0 saturated carbocycles. The fourth-order valence-corrected chi connectivity index (χ4v) is 2.11. The molecule has 0 aliphatic rings. The monoisotopic (exact) mass is 237 g/mol. The number of aryl methyl sites for hydroxylation is 1. The van der Waals surface area contributed by atoms with Gasteiger partial charge in [0, 0.05) is 23.3 Å². The molecule has 0 N–H and O–H groups in total. The van der Waals surface area contributed by atoms with Crippen molar-refractivity contribution in [2.24, 2.45) is 0 Å². The molecule has 0 unspecified atom stereocenters. The van der Waals surface area contributed by atoms with Crippen molar-refractivity contribution in [1.82, 2.24) is 4.98 Å². The van der Waals surface area contributed by atoms with E-state index in [2.05, 4.69) is 4.98 Å². The number of hydrogen-bond donors (Lipinski definition) is 0. The highest BCUT2D eigenvalue weighted by atomic mass is 19.1. The highest BCUT2D eigenvalue weighted by Gasteiger charge is 2.05. The number of halogens is 1. The highest BCUT2D eigenvalue weighted by molar-refractivity contribution is 5.86. The Labute approximate surface area is 105 Å². The average molecular weight is 237 g/mol. The van der Waals surface area contributed by atoms with E-state index < -0.39 is 0 Å². The minimum absolute atomic E-state index is 0.177. The number of rotatable bonds is 1. The molecule has 0 atom stereocenters. The number of fused-ring (bicyclic) bond motifs is 1. The van der Waals surface area contributed by atoms with Crippen LogP contribution in [0.4, 0.5) is 4.39 Å². The van der Waals surface area contributed by atoms with Crippen LogP contribution in [0, 0.1) is 12.7 Å². The largest absolute Gasteiger partial charge is 0.264 e. The van der Waals surface area contributed by atoms with Crippen LogP contribution in [0.3, 0.4) is 0 Å². The molecule has 0 aliphatic heterocycles. The van der Waals surface area contributed by atoms with Crippen LogP contribution in [0.1, 0.15) is 5.56 Å². The first-order valence-electron chi connectivity index (χ1n) is 5.84. The lowest BCUT2D eigenvalue weighted by molar-refractivity contribution is 0.630. The normalized spacial score (nSPS) is 10.8. The molecule has 1 nitrogen and oxygen atoms in total. The molecule has 0 spiro atoms. The Morgan fingerprint density at radius 1 is 0.944 bits per heavy atom. The number of nitrogens with zero attached hydrogens (tertiary/aromatic N) is 1. The van der Waals surface area contributed by atoms with Gasteiger partial charge in [-0.05, 0) is 41.6 Å². The lowest BCUT2D eigenvalue weighted by atomic mass is 10.0. The molecule has 0 bridgehead atoms. The molecule has 0 aliphatic carbocycles. The molecule has 0 radical (unpaired) electrons. The van der Waals surface area contributed by atoms with Crippen molar-refractivity contribution in [3.63, 3.8) is 0 Å². The van der Waals surface area contributed by atoms with Gasteiger partial charge in [-0.15, -0.1) is 0 Å². The second kappa shape index (κ2) is 4.22. The summed E-state index contributed by atoms with van der Waals surface area (Å²) >= 11 is 0. The van der Waals surface area contributed by atoms with Gasteiger partial charge in [-0.1, -0.05) is 24.3 Å². The molecule has 0 amide bonds. The summed E-state index contributed by atoms with van der Waals surface area (Å²) < 4.78 is 13.9. The zero-order chi connectivity index (χ0) is 12.5. The molecule has 0 fully saturated rings. The molecule has 88 valence electrons. The SMILES string of the molecule is Cc1ccc(-c2ccc3cnccc3c2)c(F)c1. The summed E-state index contributed by atoms with van der Waals surface area (Å²) in [6.07, 6.45) is 3.56. The third kappa shape index (κ3) is 1.86. The first-order valence-corrected chi connectivity index (χ1v) is 5.84. The second-order valence-corrected chi connectivity index (χ2v) is 4.42. The summed E-state index contributed by atoms with van der Waals surface area (Å²) in [4.78, 5) is 4.07. The summed E-state index contributed by atoms with van der Waals surface area (Å²) in [7, 11) is 0. The van der Waals surface area contributed by atoms with E-state index in [1.807, 2.05) is 49.5 Å². The Bertz CT molecular complexity index is 719. The fourth-order valence-electron chi connectivity index (χ4n) is 2.11. The molecule has 1 heterocycles. The van der Waals surface area contributed by atoms with Gasteiger partial charge in [0.05, 0.1) is 0 Å². The molecule has 2 aromatic carbocycles. The minimum atomic E-state index is -0.177. The van der Waals surface area contributed by atoms with Gasteiger partial charge in [0.1, 0.15) is 5.82 Å². The molecule has 1 aromatic heterocycles. The number of benzene rings is 2. The molecule has 3 rings (SSSR count). The van der Waals surface area contributed by atoms with Crippen LogP contribution in [0.2, 0.25) is 0 Å². The fraction of sp³-hybridized carbons (Fsp3) is 0.0625. The third-order valence-corrected chi connectivity index (χ3v) is 3.08. The van der Waals surface area contributed by atoms with Gasteiger partial charge >= 0.3 is 0 Å². The van der Waals surface area contributed by atoms with Crippen LogP contribution in [-0.4, -0.2) is 4.98 Å². The Morgan fingerprint density at radius 3 is 2.67 bits per heavy atom. The predicted molar refractivity (Wildman–Crippen MR) is 71.9 cm³/mol. The first-order chi connectivity index (χ1) is 8.74. The van der Waals surface area contributed by atoms with Gasteiger partial charge in [-0.25, -0.2) is 4.39 Å². The van der Waals surface area contributed by atoms with E-state index in [1.54, 1.807) is 12.3 Å². The van der Waals surface area contributed by atoms with Crippen molar-refractivity contribution in [1.29, 1.82) is 0 Å². The van der Waals surface area contributed by atoms with Crippen molar-refractivity contribution in [3.05, 3.63) is 66.2 Å². The molecule has 0 saturated heterocycles. The topological polar surface area (TPSA) is 12.9 Å². The van der Waals surface area contributed by atoms with Gasteiger partial charge in [-0.2, -0.15) is 0 Å². The van der Waals surface area contributed by atoms with E-state index in [-0.39, 0.29) is 5.82 Å². The Morgan fingerprint density at radius 2 is 1.83 bits per heavy atom. The lowest BCUT2D eigenvalue weighted by Gasteiger charge is -2.06. The Hall–Kier alpha value is -2.22.